The van der Waals surface area contributed by atoms with Gasteiger partial charge in [-0.2, -0.15) is 0 Å². The van der Waals surface area contributed by atoms with E-state index in [0.717, 1.165) is 11.1 Å². The maximum Gasteiger partial charge on any atom is 0.253 e. The van der Waals surface area contributed by atoms with Gasteiger partial charge in [0.25, 0.3) is 5.91 Å². The fourth-order valence-electron chi connectivity index (χ4n) is 4.05. The SMILES string of the molecule is CNC(=O)c1ccccc1N[C@H](C)c1cc(C)cc2c(=O)c(C)c(-c3cccc(F)c3)oc12. The molecule has 5 nitrogen and oxygen atoms in total. The lowest BCUT2D eigenvalue weighted by atomic mass is 9.98. The maximum absolute atomic E-state index is 13.9. The number of amides is 1. The maximum atomic E-state index is 13.9. The summed E-state index contributed by atoms with van der Waals surface area (Å²) in [7, 11) is 1.58. The van der Waals surface area contributed by atoms with E-state index in [0.29, 0.717) is 39.1 Å². The molecule has 0 radical (unpaired) electrons. The van der Waals surface area contributed by atoms with Gasteiger partial charge in [0.2, 0.25) is 0 Å². The average molecular weight is 445 g/mol. The van der Waals surface area contributed by atoms with Crippen LogP contribution in [-0.4, -0.2) is 13.0 Å². The summed E-state index contributed by atoms with van der Waals surface area (Å²) in [6.07, 6.45) is 0. The van der Waals surface area contributed by atoms with E-state index in [-0.39, 0.29) is 17.4 Å². The molecule has 1 atom stereocenters. The number of halogens is 1. The first-order valence-electron chi connectivity index (χ1n) is 10.7. The van der Waals surface area contributed by atoms with Crippen LogP contribution in [0.4, 0.5) is 10.1 Å². The molecule has 0 spiro atoms. The number of benzene rings is 3. The van der Waals surface area contributed by atoms with Crippen LogP contribution in [0.1, 0.15) is 40.0 Å². The molecule has 6 heteroatoms. The van der Waals surface area contributed by atoms with Gasteiger partial charge < -0.3 is 15.1 Å². The van der Waals surface area contributed by atoms with Crippen LogP contribution < -0.4 is 16.1 Å². The van der Waals surface area contributed by atoms with Crippen molar-refractivity contribution >= 4 is 22.6 Å². The van der Waals surface area contributed by atoms with E-state index < -0.39 is 5.82 Å². The number of hydrogen-bond acceptors (Lipinski definition) is 4. The largest absolute Gasteiger partial charge is 0.455 e. The van der Waals surface area contributed by atoms with Gasteiger partial charge in [-0.05, 0) is 56.7 Å². The van der Waals surface area contributed by atoms with Gasteiger partial charge in [-0.1, -0.05) is 30.3 Å². The number of hydrogen-bond donors (Lipinski definition) is 2. The van der Waals surface area contributed by atoms with Gasteiger partial charge >= 0.3 is 0 Å². The molecule has 0 aliphatic heterocycles. The molecule has 168 valence electrons. The zero-order valence-electron chi connectivity index (χ0n) is 19.0. The summed E-state index contributed by atoms with van der Waals surface area (Å²) in [6.45, 7) is 5.55. The Bertz CT molecular complexity index is 1430. The molecule has 1 amide bonds. The minimum Gasteiger partial charge on any atom is -0.455 e. The quantitative estimate of drug-likeness (QED) is 0.411. The van der Waals surface area contributed by atoms with Gasteiger partial charge in [0.15, 0.2) is 5.43 Å². The highest BCUT2D eigenvalue weighted by Crippen LogP contribution is 2.32. The number of para-hydroxylation sites is 1. The first-order chi connectivity index (χ1) is 15.8. The third-order valence-corrected chi connectivity index (χ3v) is 5.72. The molecule has 1 heterocycles. The molecule has 0 aliphatic rings. The van der Waals surface area contributed by atoms with E-state index in [1.165, 1.54) is 12.1 Å². The van der Waals surface area contributed by atoms with Crippen LogP contribution >= 0.6 is 0 Å². The summed E-state index contributed by atoms with van der Waals surface area (Å²) < 4.78 is 20.1. The summed E-state index contributed by atoms with van der Waals surface area (Å²) in [6, 6.07) is 16.7. The smallest absolute Gasteiger partial charge is 0.253 e. The second-order valence-electron chi connectivity index (χ2n) is 8.12. The zero-order chi connectivity index (χ0) is 23.7. The summed E-state index contributed by atoms with van der Waals surface area (Å²) in [5.74, 6) is -0.260. The van der Waals surface area contributed by atoms with Crippen molar-refractivity contribution in [1.29, 1.82) is 0 Å². The van der Waals surface area contributed by atoms with Crippen LogP contribution in [0.2, 0.25) is 0 Å². The van der Waals surface area contributed by atoms with Crippen molar-refractivity contribution in [3.8, 4) is 11.3 Å². The third-order valence-electron chi connectivity index (χ3n) is 5.72. The number of nitrogens with one attached hydrogen (secondary N) is 2. The molecule has 2 N–H and O–H groups in total. The molecule has 0 saturated heterocycles. The molecule has 0 saturated carbocycles. The van der Waals surface area contributed by atoms with E-state index in [1.54, 1.807) is 44.3 Å². The molecule has 4 aromatic rings. The second-order valence-corrected chi connectivity index (χ2v) is 8.12. The topological polar surface area (TPSA) is 71.3 Å². The molecule has 3 aromatic carbocycles. The summed E-state index contributed by atoms with van der Waals surface area (Å²) in [5.41, 5.74) is 4.08. The van der Waals surface area contributed by atoms with Crippen LogP contribution in [0.5, 0.6) is 0 Å². The predicted octanol–water partition coefficient (Wildman–Crippen LogP) is 5.75. The number of aryl methyl sites for hydroxylation is 1. The number of carbonyl (C=O) groups is 1. The monoisotopic (exact) mass is 444 g/mol. The van der Waals surface area contributed by atoms with Crippen LogP contribution in [-0.2, 0) is 0 Å². The van der Waals surface area contributed by atoms with Crippen molar-refractivity contribution in [3.05, 3.63) is 99.0 Å². The van der Waals surface area contributed by atoms with Gasteiger partial charge in [0, 0.05) is 29.4 Å². The molecule has 0 fully saturated rings. The van der Waals surface area contributed by atoms with Gasteiger partial charge in [0.1, 0.15) is 17.2 Å². The Morgan fingerprint density at radius 1 is 1.03 bits per heavy atom. The predicted molar refractivity (Wildman–Crippen MR) is 129 cm³/mol. The first kappa shape index (κ1) is 22.3. The average Bonchev–Trinajstić information content (AvgIpc) is 2.81. The highest BCUT2D eigenvalue weighted by molar-refractivity contribution is 5.99. The van der Waals surface area contributed by atoms with E-state index in [2.05, 4.69) is 10.6 Å². The van der Waals surface area contributed by atoms with Crippen molar-refractivity contribution in [2.45, 2.75) is 26.8 Å². The van der Waals surface area contributed by atoms with Gasteiger partial charge in [-0.3, -0.25) is 9.59 Å². The number of anilines is 1. The Balaban J connectivity index is 1.88. The Hall–Kier alpha value is -3.93. The number of rotatable bonds is 5. The van der Waals surface area contributed by atoms with Crippen LogP contribution in [0.3, 0.4) is 0 Å². The van der Waals surface area contributed by atoms with Crippen molar-refractivity contribution < 1.29 is 13.6 Å². The second kappa shape index (κ2) is 8.90. The van der Waals surface area contributed by atoms with E-state index in [1.807, 2.05) is 32.0 Å². The van der Waals surface area contributed by atoms with Crippen LogP contribution in [0.15, 0.2) is 69.9 Å². The Kier molecular flexibility index (Phi) is 6.01. The zero-order valence-corrected chi connectivity index (χ0v) is 19.0. The Morgan fingerprint density at radius 2 is 1.79 bits per heavy atom. The number of carbonyl (C=O) groups excluding carboxylic acids is 1. The van der Waals surface area contributed by atoms with Crippen molar-refractivity contribution in [2.24, 2.45) is 0 Å². The van der Waals surface area contributed by atoms with E-state index >= 15 is 0 Å². The van der Waals surface area contributed by atoms with E-state index in [4.69, 9.17) is 4.42 Å². The van der Waals surface area contributed by atoms with Crippen LogP contribution in [0, 0.1) is 19.7 Å². The number of fused-ring (bicyclic) bond motifs is 1. The van der Waals surface area contributed by atoms with Crippen molar-refractivity contribution in [1.82, 2.24) is 5.32 Å². The minimum atomic E-state index is -0.403. The fourth-order valence-corrected chi connectivity index (χ4v) is 4.05. The van der Waals surface area contributed by atoms with Crippen LogP contribution in [0.25, 0.3) is 22.3 Å². The Labute approximate surface area is 191 Å². The normalized spacial score (nSPS) is 11.9. The van der Waals surface area contributed by atoms with Gasteiger partial charge in [-0.15, -0.1) is 0 Å². The molecule has 33 heavy (non-hydrogen) atoms. The summed E-state index contributed by atoms with van der Waals surface area (Å²) >= 11 is 0. The fraction of sp³-hybridized carbons (Fsp3) is 0.185. The van der Waals surface area contributed by atoms with Crippen molar-refractivity contribution in [2.75, 3.05) is 12.4 Å². The molecule has 0 unspecified atom stereocenters. The molecular weight excluding hydrogens is 419 g/mol. The first-order valence-corrected chi connectivity index (χ1v) is 10.7. The highest BCUT2D eigenvalue weighted by atomic mass is 19.1. The molecule has 0 bridgehead atoms. The van der Waals surface area contributed by atoms with Crippen molar-refractivity contribution in [3.63, 3.8) is 0 Å². The Morgan fingerprint density at radius 3 is 2.52 bits per heavy atom. The lowest BCUT2D eigenvalue weighted by molar-refractivity contribution is 0.0964. The lowest BCUT2D eigenvalue weighted by Gasteiger charge is -2.20. The molecule has 0 aliphatic carbocycles. The third kappa shape index (κ3) is 4.24. The molecular formula is C27H25FN2O3. The molecule has 1 aromatic heterocycles. The highest BCUT2D eigenvalue weighted by Gasteiger charge is 2.20. The summed E-state index contributed by atoms with van der Waals surface area (Å²) in [5, 5.41) is 6.50. The van der Waals surface area contributed by atoms with Gasteiger partial charge in [-0.25, -0.2) is 4.39 Å². The summed E-state index contributed by atoms with van der Waals surface area (Å²) in [4.78, 5) is 25.5. The lowest BCUT2D eigenvalue weighted by Crippen LogP contribution is -2.20. The van der Waals surface area contributed by atoms with Gasteiger partial charge in [0.05, 0.1) is 17.0 Å². The van der Waals surface area contributed by atoms with E-state index in [9.17, 15) is 14.0 Å². The minimum absolute atomic E-state index is 0.154. The molecule has 4 rings (SSSR count). The standard InChI is InChI=1S/C27H25FN2O3/c1-15-12-21(17(3)30-23-11-6-5-10-20(23)27(32)29-4)26-22(13-15)24(31)16(2)25(33-26)18-8-7-9-19(28)14-18/h5-14,17,30H,1-4H3,(H,29,32)/t17-/m1/s1.